The van der Waals surface area contributed by atoms with E-state index in [9.17, 15) is 8.42 Å². The molecule has 0 rings (SSSR count). The molecule has 0 saturated heterocycles. The Morgan fingerprint density at radius 1 is 1.23 bits per heavy atom. The summed E-state index contributed by atoms with van der Waals surface area (Å²) in [4.78, 5) is 0. The number of allylic oxidation sites excluding steroid dienone is 1. The highest BCUT2D eigenvalue weighted by Crippen LogP contribution is 1.98. The smallest absolute Gasteiger partial charge is 0.150 e. The van der Waals surface area contributed by atoms with Crippen LogP contribution in [0.15, 0.2) is 12.2 Å². The number of rotatable bonds is 7. The van der Waals surface area contributed by atoms with E-state index in [1.807, 2.05) is 12.2 Å². The van der Waals surface area contributed by atoms with Gasteiger partial charge in [-0.2, -0.15) is 0 Å². The van der Waals surface area contributed by atoms with Gasteiger partial charge in [0.05, 0.1) is 5.75 Å². The van der Waals surface area contributed by atoms with Crippen LogP contribution in [0.4, 0.5) is 0 Å². The molecule has 0 unspecified atom stereocenters. The molecule has 0 atom stereocenters. The van der Waals surface area contributed by atoms with E-state index in [2.05, 4.69) is 0 Å². The van der Waals surface area contributed by atoms with Crippen molar-refractivity contribution >= 4 is 9.84 Å². The van der Waals surface area contributed by atoms with Crippen LogP contribution in [0.3, 0.4) is 0 Å². The van der Waals surface area contributed by atoms with Crippen LogP contribution in [0.25, 0.3) is 0 Å². The van der Waals surface area contributed by atoms with Gasteiger partial charge in [-0.05, 0) is 25.8 Å². The van der Waals surface area contributed by atoms with Crippen molar-refractivity contribution in [3.05, 3.63) is 12.2 Å². The Labute approximate surface area is 80.9 Å². The normalized spacial score (nSPS) is 12.5. The highest BCUT2D eigenvalue weighted by atomic mass is 32.2. The lowest BCUT2D eigenvalue weighted by atomic mass is 10.3. The molecule has 0 amide bonds. The molecule has 0 aromatic heterocycles. The van der Waals surface area contributed by atoms with Gasteiger partial charge in [-0.25, -0.2) is 8.42 Å². The SMILES string of the molecule is CCS(=O)(=O)CCCC=CCCN. The van der Waals surface area contributed by atoms with Gasteiger partial charge in [0.1, 0.15) is 9.84 Å². The molecule has 2 N–H and O–H groups in total. The average Bonchev–Trinajstić information content (AvgIpc) is 2.11. The Balaban J connectivity index is 3.46. The van der Waals surface area contributed by atoms with Crippen LogP contribution in [0, 0.1) is 0 Å². The number of hydrogen-bond donors (Lipinski definition) is 1. The van der Waals surface area contributed by atoms with E-state index in [1.165, 1.54) is 0 Å². The Morgan fingerprint density at radius 3 is 2.38 bits per heavy atom. The lowest BCUT2D eigenvalue weighted by Crippen LogP contribution is -2.07. The predicted molar refractivity (Wildman–Crippen MR) is 56.4 cm³/mol. The van der Waals surface area contributed by atoms with Gasteiger partial charge < -0.3 is 5.73 Å². The molecule has 13 heavy (non-hydrogen) atoms. The molecule has 0 saturated carbocycles. The third-order valence-electron chi connectivity index (χ3n) is 1.77. The number of unbranched alkanes of at least 4 members (excludes halogenated alkanes) is 1. The van der Waals surface area contributed by atoms with Crippen LogP contribution in [0.1, 0.15) is 26.2 Å². The van der Waals surface area contributed by atoms with E-state index in [4.69, 9.17) is 5.73 Å². The fraction of sp³-hybridized carbons (Fsp3) is 0.778. The van der Waals surface area contributed by atoms with Crippen molar-refractivity contribution < 1.29 is 8.42 Å². The largest absolute Gasteiger partial charge is 0.330 e. The second-order valence-corrected chi connectivity index (χ2v) is 5.40. The fourth-order valence-electron chi connectivity index (χ4n) is 0.897. The minimum absolute atomic E-state index is 0.250. The van der Waals surface area contributed by atoms with E-state index in [-0.39, 0.29) is 5.75 Å². The van der Waals surface area contributed by atoms with Crippen LogP contribution < -0.4 is 5.73 Å². The van der Waals surface area contributed by atoms with Crippen LogP contribution in [0.5, 0.6) is 0 Å². The maximum atomic E-state index is 11.0. The van der Waals surface area contributed by atoms with Gasteiger partial charge in [-0.3, -0.25) is 0 Å². The van der Waals surface area contributed by atoms with Gasteiger partial charge in [0, 0.05) is 5.75 Å². The van der Waals surface area contributed by atoms with E-state index in [0.717, 1.165) is 19.3 Å². The van der Waals surface area contributed by atoms with Crippen LogP contribution in [0.2, 0.25) is 0 Å². The predicted octanol–water partition coefficient (Wildman–Crippen LogP) is 1.11. The van der Waals surface area contributed by atoms with Crippen LogP contribution >= 0.6 is 0 Å². The summed E-state index contributed by atoms with van der Waals surface area (Å²) in [5, 5.41) is 0. The number of nitrogens with two attached hydrogens (primary N) is 1. The standard InChI is InChI=1S/C9H19NO2S/c1-2-13(11,12)9-7-5-3-4-6-8-10/h3-4H,2,5-10H2,1H3. The van der Waals surface area contributed by atoms with Crippen molar-refractivity contribution in [2.75, 3.05) is 18.1 Å². The summed E-state index contributed by atoms with van der Waals surface area (Å²) >= 11 is 0. The molecule has 0 fully saturated rings. The summed E-state index contributed by atoms with van der Waals surface area (Å²) in [7, 11) is -2.77. The van der Waals surface area contributed by atoms with E-state index in [0.29, 0.717) is 12.3 Å². The minimum atomic E-state index is -2.77. The molecule has 0 radical (unpaired) electrons. The van der Waals surface area contributed by atoms with Gasteiger partial charge in [0.25, 0.3) is 0 Å². The number of sulfone groups is 1. The molecule has 0 aliphatic heterocycles. The van der Waals surface area contributed by atoms with Crippen molar-refractivity contribution in [1.29, 1.82) is 0 Å². The summed E-state index contributed by atoms with van der Waals surface area (Å²) in [6.07, 6.45) is 6.42. The Hall–Kier alpha value is -0.350. The topological polar surface area (TPSA) is 60.2 Å². The maximum absolute atomic E-state index is 11.0. The van der Waals surface area contributed by atoms with Gasteiger partial charge >= 0.3 is 0 Å². The monoisotopic (exact) mass is 205 g/mol. The zero-order chi connectivity index (χ0) is 10.2. The molecular formula is C9H19NO2S. The first-order valence-electron chi connectivity index (χ1n) is 4.68. The van der Waals surface area contributed by atoms with Crippen molar-refractivity contribution in [2.24, 2.45) is 5.73 Å². The third kappa shape index (κ3) is 7.99. The van der Waals surface area contributed by atoms with Crippen molar-refractivity contribution in [3.8, 4) is 0 Å². The summed E-state index contributed by atoms with van der Waals surface area (Å²) in [6, 6.07) is 0. The molecule has 3 nitrogen and oxygen atoms in total. The molecule has 4 heteroatoms. The molecule has 0 aromatic carbocycles. The zero-order valence-corrected chi connectivity index (χ0v) is 9.02. The Morgan fingerprint density at radius 2 is 1.85 bits per heavy atom. The van der Waals surface area contributed by atoms with E-state index < -0.39 is 9.84 Å². The highest BCUT2D eigenvalue weighted by molar-refractivity contribution is 7.91. The Bertz CT molecular complexity index is 232. The van der Waals surface area contributed by atoms with Gasteiger partial charge in [0.15, 0.2) is 0 Å². The summed E-state index contributed by atoms with van der Waals surface area (Å²) in [5.41, 5.74) is 5.29. The molecule has 0 spiro atoms. The zero-order valence-electron chi connectivity index (χ0n) is 8.20. The molecule has 0 aliphatic rings. The first-order chi connectivity index (χ1) is 6.12. The van der Waals surface area contributed by atoms with E-state index in [1.54, 1.807) is 6.92 Å². The average molecular weight is 205 g/mol. The summed E-state index contributed by atoms with van der Waals surface area (Å²) in [6.45, 7) is 2.34. The van der Waals surface area contributed by atoms with Crippen LogP contribution in [-0.2, 0) is 9.84 Å². The molecule has 0 heterocycles. The molecule has 0 aliphatic carbocycles. The minimum Gasteiger partial charge on any atom is -0.330 e. The van der Waals surface area contributed by atoms with Crippen molar-refractivity contribution in [3.63, 3.8) is 0 Å². The second-order valence-electron chi connectivity index (χ2n) is 2.93. The fourth-order valence-corrected chi connectivity index (χ4v) is 1.79. The third-order valence-corrected chi connectivity index (χ3v) is 3.56. The van der Waals surface area contributed by atoms with E-state index >= 15 is 0 Å². The molecular weight excluding hydrogens is 186 g/mol. The summed E-state index contributed by atoms with van der Waals surface area (Å²) in [5.74, 6) is 0.552. The first kappa shape index (κ1) is 12.7. The highest BCUT2D eigenvalue weighted by Gasteiger charge is 2.04. The maximum Gasteiger partial charge on any atom is 0.150 e. The molecule has 0 bridgehead atoms. The van der Waals surface area contributed by atoms with Crippen LogP contribution in [-0.4, -0.2) is 26.5 Å². The van der Waals surface area contributed by atoms with Gasteiger partial charge in [0.2, 0.25) is 0 Å². The van der Waals surface area contributed by atoms with Crippen molar-refractivity contribution in [1.82, 2.24) is 0 Å². The summed E-state index contributed by atoms with van der Waals surface area (Å²) < 4.78 is 22.1. The first-order valence-corrected chi connectivity index (χ1v) is 6.50. The lowest BCUT2D eigenvalue weighted by molar-refractivity contribution is 0.595. The quantitative estimate of drug-likeness (QED) is 0.500. The number of hydrogen-bond acceptors (Lipinski definition) is 3. The van der Waals surface area contributed by atoms with Gasteiger partial charge in [-0.1, -0.05) is 19.1 Å². The lowest BCUT2D eigenvalue weighted by Gasteiger charge is -1.97. The molecule has 78 valence electrons. The molecule has 0 aromatic rings. The van der Waals surface area contributed by atoms with Crippen molar-refractivity contribution in [2.45, 2.75) is 26.2 Å². The second kappa shape index (κ2) is 7.09. The Kier molecular flexibility index (Phi) is 6.90. The van der Waals surface area contributed by atoms with Gasteiger partial charge in [-0.15, -0.1) is 0 Å².